The van der Waals surface area contributed by atoms with Gasteiger partial charge in [0.2, 0.25) is 0 Å². The van der Waals surface area contributed by atoms with Gasteiger partial charge < -0.3 is 4.74 Å². The summed E-state index contributed by atoms with van der Waals surface area (Å²) >= 11 is 4.85. The minimum Gasteiger partial charge on any atom is -0.489 e. The van der Waals surface area contributed by atoms with Crippen molar-refractivity contribution >= 4 is 50.5 Å². The number of hydrogen-bond donors (Lipinski definition) is 0. The molecule has 0 saturated carbocycles. The fraction of sp³-hybridized carbons (Fsp3) is 0.0667. The van der Waals surface area contributed by atoms with E-state index in [0.29, 0.717) is 23.2 Å². The summed E-state index contributed by atoms with van der Waals surface area (Å²) in [4.78, 5) is 20.6. The molecule has 1 aliphatic heterocycles. The van der Waals surface area contributed by atoms with Crippen molar-refractivity contribution in [3.63, 3.8) is 0 Å². The number of rotatable bonds is 7. The van der Waals surface area contributed by atoms with E-state index in [0.717, 1.165) is 32.6 Å². The first-order valence-electron chi connectivity index (χ1n) is 11.5. The van der Waals surface area contributed by atoms with Crippen molar-refractivity contribution in [1.29, 1.82) is 0 Å². The van der Waals surface area contributed by atoms with E-state index in [1.54, 1.807) is 4.90 Å². The second-order valence-electron chi connectivity index (χ2n) is 8.20. The van der Waals surface area contributed by atoms with Crippen molar-refractivity contribution in [2.24, 2.45) is 4.99 Å². The smallest absolute Gasteiger partial charge is 0.267 e. The van der Waals surface area contributed by atoms with Crippen LogP contribution in [0.3, 0.4) is 0 Å². The van der Waals surface area contributed by atoms with E-state index < -0.39 is 0 Å². The van der Waals surface area contributed by atoms with E-state index in [1.807, 2.05) is 115 Å². The van der Waals surface area contributed by atoms with E-state index >= 15 is 0 Å². The van der Waals surface area contributed by atoms with Crippen LogP contribution < -0.4 is 4.74 Å². The normalized spacial score (nSPS) is 15.6. The lowest BCUT2D eigenvalue weighted by molar-refractivity contribution is -0.122. The first kappa shape index (κ1) is 24.1. The third-order valence-electron chi connectivity index (χ3n) is 5.55. The van der Waals surface area contributed by atoms with Crippen LogP contribution in [0, 0.1) is 0 Å². The number of hydrogen-bond acceptors (Lipinski definition) is 4. The van der Waals surface area contributed by atoms with Crippen molar-refractivity contribution in [2.45, 2.75) is 13.2 Å². The highest BCUT2D eigenvalue weighted by Gasteiger charge is 2.33. The van der Waals surface area contributed by atoms with Gasteiger partial charge in [-0.3, -0.25) is 9.69 Å². The Morgan fingerprint density at radius 3 is 2.17 bits per heavy atom. The van der Waals surface area contributed by atoms with E-state index in [-0.39, 0.29) is 5.91 Å². The lowest BCUT2D eigenvalue weighted by Gasteiger charge is -2.15. The molecular weight excluding hydrogens is 532 g/mol. The van der Waals surface area contributed by atoms with E-state index in [2.05, 4.69) is 15.9 Å². The van der Waals surface area contributed by atoms with Crippen LogP contribution in [-0.4, -0.2) is 16.0 Å². The standard InChI is InChI=1S/C30H23BrN2O2S/c31-25-15-11-24(12-16-25)21-35-27-17-13-22(14-18-27)19-28-29(34)33(20-23-7-3-1-4-8-23)30(36-28)32-26-9-5-2-6-10-26/h1-19H,20-21H2/b28-19+,32-30?. The number of amidine groups is 1. The van der Waals surface area contributed by atoms with E-state index in [4.69, 9.17) is 9.73 Å². The van der Waals surface area contributed by atoms with Gasteiger partial charge in [0.25, 0.3) is 5.91 Å². The van der Waals surface area contributed by atoms with E-state index in [1.165, 1.54) is 11.8 Å². The Bertz CT molecular complexity index is 1390. The average Bonchev–Trinajstić information content (AvgIpc) is 3.19. The predicted molar refractivity (Wildman–Crippen MR) is 151 cm³/mol. The summed E-state index contributed by atoms with van der Waals surface area (Å²) in [5.41, 5.74) is 3.91. The number of thioether (sulfide) groups is 1. The quantitative estimate of drug-likeness (QED) is 0.218. The molecule has 0 spiro atoms. The van der Waals surface area contributed by atoms with Crippen molar-refractivity contribution in [3.05, 3.63) is 135 Å². The van der Waals surface area contributed by atoms with Crippen LogP contribution in [-0.2, 0) is 17.9 Å². The Morgan fingerprint density at radius 2 is 1.47 bits per heavy atom. The van der Waals surface area contributed by atoms with Gasteiger partial charge in [-0.15, -0.1) is 0 Å². The van der Waals surface area contributed by atoms with Crippen LogP contribution in [0.2, 0.25) is 0 Å². The fourth-order valence-corrected chi connectivity index (χ4v) is 4.93. The molecule has 1 heterocycles. The van der Waals surface area contributed by atoms with Gasteiger partial charge >= 0.3 is 0 Å². The van der Waals surface area contributed by atoms with Gasteiger partial charge in [0.15, 0.2) is 5.17 Å². The Labute approximate surface area is 223 Å². The Kier molecular flexibility index (Phi) is 7.64. The summed E-state index contributed by atoms with van der Waals surface area (Å²) in [6.07, 6.45) is 1.91. The number of halogens is 1. The fourth-order valence-electron chi connectivity index (χ4n) is 3.67. The molecule has 0 radical (unpaired) electrons. The zero-order valence-corrected chi connectivity index (χ0v) is 21.8. The maximum absolute atomic E-state index is 13.4. The number of carbonyl (C=O) groups is 1. The van der Waals surface area contributed by atoms with Gasteiger partial charge in [0, 0.05) is 4.47 Å². The van der Waals surface area contributed by atoms with Gasteiger partial charge in [-0.25, -0.2) is 4.99 Å². The molecule has 0 N–H and O–H groups in total. The van der Waals surface area contributed by atoms with Gasteiger partial charge in [0.1, 0.15) is 12.4 Å². The lowest BCUT2D eigenvalue weighted by atomic mass is 10.2. The Hall–Kier alpha value is -3.61. The molecule has 0 aromatic heterocycles. The highest BCUT2D eigenvalue weighted by atomic mass is 79.9. The van der Waals surface area contributed by atoms with Crippen LogP contribution in [0.15, 0.2) is 124 Å². The minimum absolute atomic E-state index is 0.0471. The van der Waals surface area contributed by atoms with Crippen molar-refractivity contribution in [2.75, 3.05) is 0 Å². The third-order valence-corrected chi connectivity index (χ3v) is 7.08. The number of para-hydroxylation sites is 1. The number of ether oxygens (including phenoxy) is 1. The van der Waals surface area contributed by atoms with Gasteiger partial charge in [-0.1, -0.05) is 88.7 Å². The Morgan fingerprint density at radius 1 is 0.806 bits per heavy atom. The Balaban J connectivity index is 1.34. The predicted octanol–water partition coefficient (Wildman–Crippen LogP) is 7.83. The summed E-state index contributed by atoms with van der Waals surface area (Å²) in [6, 6.07) is 35.5. The summed E-state index contributed by atoms with van der Waals surface area (Å²) in [7, 11) is 0. The molecule has 0 bridgehead atoms. The highest BCUT2D eigenvalue weighted by Crippen LogP contribution is 2.35. The lowest BCUT2D eigenvalue weighted by Crippen LogP contribution is -2.28. The molecule has 1 aliphatic rings. The number of carbonyl (C=O) groups excluding carboxylic acids is 1. The zero-order valence-electron chi connectivity index (χ0n) is 19.4. The van der Waals surface area contributed by atoms with Crippen molar-refractivity contribution < 1.29 is 9.53 Å². The van der Waals surface area contributed by atoms with Crippen LogP contribution in [0.4, 0.5) is 5.69 Å². The van der Waals surface area contributed by atoms with Gasteiger partial charge in [-0.05, 0) is 70.9 Å². The molecule has 1 saturated heterocycles. The molecule has 4 aromatic carbocycles. The molecule has 4 nitrogen and oxygen atoms in total. The van der Waals surface area contributed by atoms with Gasteiger partial charge in [-0.2, -0.15) is 0 Å². The largest absolute Gasteiger partial charge is 0.489 e. The van der Waals surface area contributed by atoms with E-state index in [9.17, 15) is 4.79 Å². The van der Waals surface area contributed by atoms with Crippen molar-refractivity contribution in [1.82, 2.24) is 4.90 Å². The second-order valence-corrected chi connectivity index (χ2v) is 10.1. The van der Waals surface area contributed by atoms with Crippen LogP contribution >= 0.6 is 27.7 Å². The minimum atomic E-state index is -0.0471. The third kappa shape index (κ3) is 6.14. The van der Waals surface area contributed by atoms with Crippen LogP contribution in [0.1, 0.15) is 16.7 Å². The second kappa shape index (κ2) is 11.4. The molecule has 0 unspecified atom stereocenters. The number of amides is 1. The van der Waals surface area contributed by atoms with Crippen LogP contribution in [0.5, 0.6) is 5.75 Å². The number of nitrogens with zero attached hydrogens (tertiary/aromatic N) is 2. The first-order chi connectivity index (χ1) is 17.6. The first-order valence-corrected chi connectivity index (χ1v) is 13.1. The average molecular weight is 555 g/mol. The molecular formula is C30H23BrN2O2S. The van der Waals surface area contributed by atoms with Gasteiger partial charge in [0.05, 0.1) is 17.1 Å². The maximum atomic E-state index is 13.4. The monoisotopic (exact) mass is 554 g/mol. The molecule has 36 heavy (non-hydrogen) atoms. The number of aliphatic imine (C=N–C) groups is 1. The summed E-state index contributed by atoms with van der Waals surface area (Å²) in [6.45, 7) is 0.967. The summed E-state index contributed by atoms with van der Waals surface area (Å²) < 4.78 is 6.95. The maximum Gasteiger partial charge on any atom is 0.267 e. The molecule has 6 heteroatoms. The van der Waals surface area contributed by atoms with Crippen molar-refractivity contribution in [3.8, 4) is 5.75 Å². The molecule has 178 valence electrons. The molecule has 4 aromatic rings. The topological polar surface area (TPSA) is 41.9 Å². The summed E-state index contributed by atoms with van der Waals surface area (Å²) in [5, 5.41) is 0.677. The molecule has 1 fully saturated rings. The number of benzene rings is 4. The molecule has 1 amide bonds. The summed E-state index contributed by atoms with van der Waals surface area (Å²) in [5.74, 6) is 0.733. The SMILES string of the molecule is O=C1/C(=C\c2ccc(OCc3ccc(Br)cc3)cc2)SC(=Nc2ccccc2)N1Cc1ccccc1. The zero-order chi connectivity index (χ0) is 24.7. The molecule has 0 atom stereocenters. The van der Waals surface area contributed by atoms with Crippen LogP contribution in [0.25, 0.3) is 6.08 Å². The molecule has 5 rings (SSSR count). The molecule has 0 aliphatic carbocycles. The highest BCUT2D eigenvalue weighted by molar-refractivity contribution is 9.10.